The number of carbonyl (C=O) groups is 2. The van der Waals surface area contributed by atoms with Crippen molar-refractivity contribution in [2.45, 2.75) is 6.92 Å². The van der Waals surface area contributed by atoms with Gasteiger partial charge in [-0.15, -0.1) is 0 Å². The number of fused-ring (bicyclic) bond motifs is 1. The summed E-state index contributed by atoms with van der Waals surface area (Å²) in [5, 5.41) is 17.1. The Morgan fingerprint density at radius 1 is 1.42 bits per heavy atom. The number of H-pyrrole nitrogens is 1. The smallest absolute Gasteiger partial charge is 0.379 e. The summed E-state index contributed by atoms with van der Waals surface area (Å²) in [7, 11) is 0. The number of aliphatic hydroxyl groups is 1. The Bertz CT molecular complexity index is 657. The van der Waals surface area contributed by atoms with Gasteiger partial charge >= 0.3 is 5.97 Å². The number of esters is 1. The molecule has 0 aliphatic rings. The predicted octanol–water partition coefficient (Wildman–Crippen LogP) is 1.59. The van der Waals surface area contributed by atoms with Crippen molar-refractivity contribution >= 4 is 28.4 Å². The second kappa shape index (κ2) is 5.34. The van der Waals surface area contributed by atoms with Gasteiger partial charge in [-0.3, -0.25) is 9.89 Å². The number of nitrogens with one attached hydrogen (secondary N) is 1. The first-order valence-electron chi connectivity index (χ1n) is 5.68. The number of ketones is 1. The molecule has 0 unspecified atom stereocenters. The van der Waals surface area contributed by atoms with E-state index in [2.05, 4.69) is 14.9 Å². The van der Waals surface area contributed by atoms with E-state index < -0.39 is 11.8 Å². The number of nitrogens with zero attached hydrogens (tertiary/aromatic N) is 1. The normalized spacial score (nSPS) is 11.5. The quantitative estimate of drug-likeness (QED) is 0.377. The molecular formula is C13H12N2O4. The molecule has 0 radical (unpaired) electrons. The molecule has 0 fully saturated rings. The van der Waals surface area contributed by atoms with E-state index in [-0.39, 0.29) is 18.1 Å². The molecule has 19 heavy (non-hydrogen) atoms. The SMILES string of the molecule is CCOC(=O)C(=O)/C=C(\O)c1n[nH]c2ccccc12. The van der Waals surface area contributed by atoms with Gasteiger partial charge in [0.15, 0.2) is 0 Å². The molecule has 0 aliphatic carbocycles. The summed E-state index contributed by atoms with van der Waals surface area (Å²) in [5.74, 6) is -2.31. The first-order chi connectivity index (χ1) is 9.13. The third-order valence-electron chi connectivity index (χ3n) is 2.46. The van der Waals surface area contributed by atoms with Crippen LogP contribution in [-0.2, 0) is 14.3 Å². The molecule has 2 N–H and O–H groups in total. The van der Waals surface area contributed by atoms with Crippen LogP contribution >= 0.6 is 0 Å². The van der Waals surface area contributed by atoms with Crippen molar-refractivity contribution < 1.29 is 19.4 Å². The third-order valence-corrected chi connectivity index (χ3v) is 2.46. The first kappa shape index (κ1) is 12.8. The lowest BCUT2D eigenvalue weighted by atomic mass is 10.1. The number of hydrogen-bond acceptors (Lipinski definition) is 5. The van der Waals surface area contributed by atoms with Gasteiger partial charge in [0.2, 0.25) is 0 Å². The van der Waals surface area contributed by atoms with E-state index in [4.69, 9.17) is 0 Å². The van der Waals surface area contributed by atoms with Gasteiger partial charge in [-0.2, -0.15) is 5.10 Å². The van der Waals surface area contributed by atoms with E-state index in [9.17, 15) is 14.7 Å². The van der Waals surface area contributed by atoms with Gasteiger partial charge in [-0.1, -0.05) is 18.2 Å². The van der Waals surface area contributed by atoms with Crippen molar-refractivity contribution in [1.82, 2.24) is 10.2 Å². The second-order valence-corrected chi connectivity index (χ2v) is 3.73. The lowest BCUT2D eigenvalue weighted by Crippen LogP contribution is -2.15. The molecule has 1 heterocycles. The Balaban J connectivity index is 2.31. The maximum absolute atomic E-state index is 11.4. The van der Waals surface area contributed by atoms with Gasteiger partial charge in [0.1, 0.15) is 11.5 Å². The summed E-state index contributed by atoms with van der Waals surface area (Å²) < 4.78 is 4.54. The van der Waals surface area contributed by atoms with Crippen LogP contribution < -0.4 is 0 Å². The van der Waals surface area contributed by atoms with Crippen LogP contribution in [0.15, 0.2) is 30.3 Å². The lowest BCUT2D eigenvalue weighted by Gasteiger charge is -1.98. The molecule has 0 aliphatic heterocycles. The molecule has 1 aromatic heterocycles. The number of aliphatic hydroxyl groups excluding tert-OH is 1. The summed E-state index contributed by atoms with van der Waals surface area (Å²) in [6.07, 6.45) is 0.806. The monoisotopic (exact) mass is 260 g/mol. The zero-order valence-electron chi connectivity index (χ0n) is 10.2. The van der Waals surface area contributed by atoms with E-state index in [0.717, 1.165) is 11.6 Å². The molecular weight excluding hydrogens is 248 g/mol. The van der Waals surface area contributed by atoms with Crippen molar-refractivity contribution in [1.29, 1.82) is 0 Å². The number of ether oxygens (including phenoxy) is 1. The maximum Gasteiger partial charge on any atom is 0.379 e. The fraction of sp³-hybridized carbons (Fsp3) is 0.154. The van der Waals surface area contributed by atoms with Gasteiger partial charge in [0, 0.05) is 11.5 Å². The highest BCUT2D eigenvalue weighted by molar-refractivity contribution is 6.39. The average molecular weight is 260 g/mol. The Morgan fingerprint density at radius 2 is 2.16 bits per heavy atom. The minimum absolute atomic E-state index is 0.102. The molecule has 98 valence electrons. The fourth-order valence-corrected chi connectivity index (χ4v) is 1.61. The first-order valence-corrected chi connectivity index (χ1v) is 5.68. The van der Waals surface area contributed by atoms with E-state index in [1.165, 1.54) is 0 Å². The Labute approximate surface area is 108 Å². The van der Waals surface area contributed by atoms with Gasteiger partial charge in [0.25, 0.3) is 5.78 Å². The summed E-state index contributed by atoms with van der Waals surface area (Å²) in [6.45, 7) is 1.69. The van der Waals surface area contributed by atoms with Crippen LogP contribution in [0.4, 0.5) is 0 Å². The highest BCUT2D eigenvalue weighted by Gasteiger charge is 2.16. The number of aromatic nitrogens is 2. The molecule has 0 saturated carbocycles. The molecule has 0 saturated heterocycles. The van der Waals surface area contributed by atoms with Crippen LogP contribution in [0.5, 0.6) is 0 Å². The minimum atomic E-state index is -1.01. The van der Waals surface area contributed by atoms with E-state index in [0.29, 0.717) is 5.39 Å². The van der Waals surface area contributed by atoms with Crippen molar-refractivity contribution in [3.63, 3.8) is 0 Å². The largest absolute Gasteiger partial charge is 0.505 e. The molecule has 1 aromatic carbocycles. The minimum Gasteiger partial charge on any atom is -0.505 e. The number of rotatable bonds is 4. The molecule has 0 atom stereocenters. The van der Waals surface area contributed by atoms with E-state index in [1.54, 1.807) is 25.1 Å². The molecule has 0 spiro atoms. The van der Waals surface area contributed by atoms with Crippen LogP contribution in [0.2, 0.25) is 0 Å². The molecule has 6 nitrogen and oxygen atoms in total. The zero-order chi connectivity index (χ0) is 13.8. The fourth-order valence-electron chi connectivity index (χ4n) is 1.61. The van der Waals surface area contributed by atoms with Crippen LogP contribution in [0.3, 0.4) is 0 Å². The second-order valence-electron chi connectivity index (χ2n) is 3.73. The zero-order valence-corrected chi connectivity index (χ0v) is 10.2. The van der Waals surface area contributed by atoms with Gasteiger partial charge in [-0.05, 0) is 13.0 Å². The Kier molecular flexibility index (Phi) is 3.61. The summed E-state index contributed by atoms with van der Waals surface area (Å²) >= 11 is 0. The third kappa shape index (κ3) is 2.62. The van der Waals surface area contributed by atoms with Gasteiger partial charge < -0.3 is 9.84 Å². The standard InChI is InChI=1S/C13H12N2O4/c1-2-19-13(18)11(17)7-10(16)12-8-5-3-4-6-9(8)14-15-12/h3-7,16H,2H2,1H3,(H,14,15)/b10-7-. The molecule has 2 rings (SSSR count). The average Bonchev–Trinajstić information content (AvgIpc) is 2.82. The van der Waals surface area contributed by atoms with Crippen molar-refractivity contribution in [2.24, 2.45) is 0 Å². The number of aromatic amines is 1. The molecule has 0 bridgehead atoms. The lowest BCUT2D eigenvalue weighted by molar-refractivity contribution is -0.151. The molecule has 0 amide bonds. The predicted molar refractivity (Wildman–Crippen MR) is 68.3 cm³/mol. The van der Waals surface area contributed by atoms with Crippen molar-refractivity contribution in [3.05, 3.63) is 36.0 Å². The summed E-state index contributed by atoms with van der Waals surface area (Å²) in [5.41, 5.74) is 0.939. The van der Waals surface area contributed by atoms with E-state index >= 15 is 0 Å². The number of benzene rings is 1. The summed E-state index contributed by atoms with van der Waals surface area (Å²) in [4.78, 5) is 22.6. The number of carbonyl (C=O) groups excluding carboxylic acids is 2. The maximum atomic E-state index is 11.4. The highest BCUT2D eigenvalue weighted by atomic mass is 16.5. The van der Waals surface area contributed by atoms with Gasteiger partial charge in [-0.25, -0.2) is 4.79 Å². The molecule has 6 heteroatoms. The van der Waals surface area contributed by atoms with Crippen LogP contribution in [-0.4, -0.2) is 33.7 Å². The van der Waals surface area contributed by atoms with Crippen LogP contribution in [0.25, 0.3) is 16.7 Å². The number of para-hydroxylation sites is 1. The Morgan fingerprint density at radius 3 is 2.89 bits per heavy atom. The highest BCUT2D eigenvalue weighted by Crippen LogP contribution is 2.20. The Hall–Kier alpha value is -2.63. The van der Waals surface area contributed by atoms with Crippen LogP contribution in [0, 0.1) is 0 Å². The molecule has 2 aromatic rings. The van der Waals surface area contributed by atoms with Crippen LogP contribution in [0.1, 0.15) is 12.6 Å². The van der Waals surface area contributed by atoms with Crippen molar-refractivity contribution in [3.8, 4) is 0 Å². The number of hydrogen-bond donors (Lipinski definition) is 2. The summed E-state index contributed by atoms with van der Waals surface area (Å²) in [6, 6.07) is 7.12. The van der Waals surface area contributed by atoms with E-state index in [1.807, 2.05) is 6.07 Å². The topological polar surface area (TPSA) is 92.3 Å². The van der Waals surface area contributed by atoms with Gasteiger partial charge in [0.05, 0.1) is 12.1 Å². The van der Waals surface area contributed by atoms with Crippen molar-refractivity contribution in [2.75, 3.05) is 6.61 Å².